The van der Waals surface area contributed by atoms with E-state index in [1.165, 1.54) is 0 Å². The van der Waals surface area contributed by atoms with Crippen LogP contribution in [0.2, 0.25) is 5.02 Å². The zero-order chi connectivity index (χ0) is 17.8. The van der Waals surface area contributed by atoms with Crippen LogP contribution < -0.4 is 0 Å². The standard InChI is InChI=1S/C21H20ClNO2/c1-14-3-4-15(2)23-21(14)25-13-16-5-7-17(8-6-16)20(24)18-9-11-19(22)12-10-18/h4-12,14H,3,13H2,1-2H3. The number of carbonyl (C=O) groups excluding carboxylic acids is 1. The number of nitrogens with zero attached hydrogens (tertiary/aromatic N) is 1. The van der Waals surface area contributed by atoms with Crippen LogP contribution in [0.15, 0.2) is 65.3 Å². The molecule has 1 aliphatic rings. The average molecular weight is 354 g/mol. The van der Waals surface area contributed by atoms with E-state index in [4.69, 9.17) is 16.3 Å². The number of carbonyl (C=O) groups is 1. The molecule has 0 radical (unpaired) electrons. The van der Waals surface area contributed by atoms with E-state index in [0.29, 0.717) is 28.7 Å². The first-order valence-electron chi connectivity index (χ1n) is 8.30. The summed E-state index contributed by atoms with van der Waals surface area (Å²) >= 11 is 5.86. The molecule has 128 valence electrons. The molecule has 0 aliphatic carbocycles. The quantitative estimate of drug-likeness (QED) is 0.687. The van der Waals surface area contributed by atoms with E-state index in [-0.39, 0.29) is 5.78 Å². The second kappa shape index (κ2) is 7.66. The summed E-state index contributed by atoms with van der Waals surface area (Å²) in [6.07, 6.45) is 3.08. The number of ether oxygens (including phenoxy) is 1. The Kier molecular flexibility index (Phi) is 5.34. The maximum absolute atomic E-state index is 12.5. The second-order valence-corrected chi connectivity index (χ2v) is 6.69. The maximum atomic E-state index is 12.5. The van der Waals surface area contributed by atoms with Gasteiger partial charge in [-0.3, -0.25) is 4.79 Å². The first-order valence-corrected chi connectivity index (χ1v) is 8.68. The molecule has 1 atom stereocenters. The molecule has 2 aromatic rings. The van der Waals surface area contributed by atoms with Crippen LogP contribution in [0, 0.1) is 5.92 Å². The predicted molar refractivity (Wildman–Crippen MR) is 101 cm³/mol. The molecule has 0 saturated heterocycles. The Balaban J connectivity index is 1.65. The molecule has 4 heteroatoms. The van der Waals surface area contributed by atoms with Crippen molar-refractivity contribution in [1.82, 2.24) is 0 Å². The molecule has 25 heavy (non-hydrogen) atoms. The third-order valence-corrected chi connectivity index (χ3v) is 4.44. The van der Waals surface area contributed by atoms with Gasteiger partial charge in [-0.1, -0.05) is 48.9 Å². The van der Waals surface area contributed by atoms with Crippen LogP contribution in [-0.4, -0.2) is 11.7 Å². The van der Waals surface area contributed by atoms with Crippen LogP contribution in [0.4, 0.5) is 0 Å². The fourth-order valence-electron chi connectivity index (χ4n) is 2.63. The van der Waals surface area contributed by atoms with Crippen molar-refractivity contribution < 1.29 is 9.53 Å². The third kappa shape index (κ3) is 4.37. The van der Waals surface area contributed by atoms with E-state index < -0.39 is 0 Å². The molecular formula is C21H20ClNO2. The van der Waals surface area contributed by atoms with Gasteiger partial charge in [-0.15, -0.1) is 0 Å². The largest absolute Gasteiger partial charge is 0.476 e. The van der Waals surface area contributed by atoms with E-state index in [2.05, 4.69) is 18.0 Å². The number of hydrogen-bond donors (Lipinski definition) is 0. The highest BCUT2D eigenvalue weighted by Crippen LogP contribution is 2.19. The zero-order valence-electron chi connectivity index (χ0n) is 14.3. The van der Waals surface area contributed by atoms with E-state index in [1.54, 1.807) is 24.3 Å². The van der Waals surface area contributed by atoms with Crippen molar-refractivity contribution >= 4 is 23.3 Å². The van der Waals surface area contributed by atoms with Gasteiger partial charge in [-0.05, 0) is 43.2 Å². The van der Waals surface area contributed by atoms with Crippen molar-refractivity contribution in [2.24, 2.45) is 10.9 Å². The Morgan fingerprint density at radius 2 is 1.72 bits per heavy atom. The van der Waals surface area contributed by atoms with E-state index >= 15 is 0 Å². The number of halogens is 1. The summed E-state index contributed by atoms with van der Waals surface area (Å²) in [7, 11) is 0. The number of rotatable bonds is 4. The Hall–Kier alpha value is -2.39. The predicted octanol–water partition coefficient (Wildman–Crippen LogP) is 5.43. The van der Waals surface area contributed by atoms with Crippen LogP contribution >= 0.6 is 11.6 Å². The van der Waals surface area contributed by atoms with Crippen molar-refractivity contribution in [3.8, 4) is 0 Å². The van der Waals surface area contributed by atoms with Crippen LogP contribution in [0.3, 0.4) is 0 Å². The highest BCUT2D eigenvalue weighted by Gasteiger charge is 2.15. The minimum Gasteiger partial charge on any atom is -0.476 e. The van der Waals surface area contributed by atoms with Gasteiger partial charge in [0.1, 0.15) is 6.61 Å². The molecule has 0 aromatic heterocycles. The fraction of sp³-hybridized carbons (Fsp3) is 0.238. The molecule has 3 nitrogen and oxygen atoms in total. The summed E-state index contributed by atoms with van der Waals surface area (Å²) < 4.78 is 5.86. The maximum Gasteiger partial charge on any atom is 0.193 e. The summed E-state index contributed by atoms with van der Waals surface area (Å²) in [6, 6.07) is 14.4. The van der Waals surface area contributed by atoms with Gasteiger partial charge in [-0.25, -0.2) is 4.99 Å². The highest BCUT2D eigenvalue weighted by molar-refractivity contribution is 6.30. The molecular weight excluding hydrogens is 334 g/mol. The lowest BCUT2D eigenvalue weighted by atomic mass is 10.0. The van der Waals surface area contributed by atoms with Gasteiger partial charge in [-0.2, -0.15) is 0 Å². The van der Waals surface area contributed by atoms with Gasteiger partial charge in [0.05, 0.1) is 0 Å². The Morgan fingerprint density at radius 3 is 2.36 bits per heavy atom. The minimum atomic E-state index is -0.0184. The Bertz CT molecular complexity index is 820. The summed E-state index contributed by atoms with van der Waals surface area (Å²) in [6.45, 7) is 4.54. The van der Waals surface area contributed by atoms with Crippen LogP contribution in [-0.2, 0) is 11.3 Å². The molecule has 2 aromatic carbocycles. The van der Waals surface area contributed by atoms with Crippen LogP contribution in [0.25, 0.3) is 0 Å². The molecule has 0 fully saturated rings. The lowest BCUT2D eigenvalue weighted by molar-refractivity contribution is 0.103. The molecule has 1 aliphatic heterocycles. The Labute approximate surface area is 153 Å². The van der Waals surface area contributed by atoms with Crippen LogP contribution in [0.1, 0.15) is 41.8 Å². The van der Waals surface area contributed by atoms with Crippen molar-refractivity contribution in [1.29, 1.82) is 0 Å². The molecule has 0 saturated carbocycles. The molecule has 0 N–H and O–H groups in total. The van der Waals surface area contributed by atoms with Crippen LogP contribution in [0.5, 0.6) is 0 Å². The average Bonchev–Trinajstić information content (AvgIpc) is 2.63. The molecule has 0 spiro atoms. The van der Waals surface area contributed by atoms with Gasteiger partial charge < -0.3 is 4.74 Å². The van der Waals surface area contributed by atoms with Gasteiger partial charge in [0.25, 0.3) is 0 Å². The molecule has 1 unspecified atom stereocenters. The smallest absolute Gasteiger partial charge is 0.193 e. The Morgan fingerprint density at radius 1 is 1.12 bits per heavy atom. The van der Waals surface area contributed by atoms with Crippen molar-refractivity contribution in [3.63, 3.8) is 0 Å². The number of hydrogen-bond acceptors (Lipinski definition) is 3. The van der Waals surface area contributed by atoms with E-state index in [0.717, 1.165) is 23.6 Å². The van der Waals surface area contributed by atoms with Crippen molar-refractivity contribution in [3.05, 3.63) is 82.0 Å². The van der Waals surface area contributed by atoms with Crippen molar-refractivity contribution in [2.45, 2.75) is 26.9 Å². The lowest BCUT2D eigenvalue weighted by Crippen LogP contribution is -2.17. The minimum absolute atomic E-state index is 0.0184. The van der Waals surface area contributed by atoms with E-state index in [1.807, 2.05) is 31.2 Å². The molecule has 3 rings (SSSR count). The summed E-state index contributed by atoms with van der Waals surface area (Å²) in [5.74, 6) is 1.06. The normalized spacial score (nSPS) is 16.8. The van der Waals surface area contributed by atoms with Crippen molar-refractivity contribution in [2.75, 3.05) is 0 Å². The number of aliphatic imine (C=N–C) groups is 1. The third-order valence-electron chi connectivity index (χ3n) is 4.18. The SMILES string of the molecule is CC1=CCC(C)C(OCc2ccc(C(=O)c3ccc(Cl)cc3)cc2)=N1. The van der Waals surface area contributed by atoms with Gasteiger partial charge in [0.2, 0.25) is 0 Å². The molecule has 1 heterocycles. The van der Waals surface area contributed by atoms with Gasteiger partial charge in [0.15, 0.2) is 11.7 Å². The molecule has 0 amide bonds. The van der Waals surface area contributed by atoms with Gasteiger partial charge >= 0.3 is 0 Å². The first-order chi connectivity index (χ1) is 12.0. The lowest BCUT2D eigenvalue weighted by Gasteiger charge is -2.18. The van der Waals surface area contributed by atoms with Gasteiger partial charge in [0, 0.05) is 27.8 Å². The number of allylic oxidation sites excluding steroid dienone is 2. The first kappa shape index (κ1) is 17.4. The fourth-order valence-corrected chi connectivity index (χ4v) is 2.76. The topological polar surface area (TPSA) is 38.7 Å². The number of ketones is 1. The summed E-state index contributed by atoms with van der Waals surface area (Å²) in [4.78, 5) is 16.9. The zero-order valence-corrected chi connectivity index (χ0v) is 15.1. The second-order valence-electron chi connectivity index (χ2n) is 6.25. The van der Waals surface area contributed by atoms with E-state index in [9.17, 15) is 4.79 Å². The molecule has 0 bridgehead atoms. The monoisotopic (exact) mass is 353 g/mol. The summed E-state index contributed by atoms with van der Waals surface area (Å²) in [5, 5.41) is 0.619. The highest BCUT2D eigenvalue weighted by atomic mass is 35.5. The summed E-state index contributed by atoms with van der Waals surface area (Å²) in [5.41, 5.74) is 3.28. The number of benzene rings is 2.